The first-order valence-electron chi connectivity index (χ1n) is 19.5. The average Bonchev–Trinajstić information content (AvgIpc) is 3.58. The topological polar surface area (TPSA) is 16.4 Å². The van der Waals surface area contributed by atoms with Gasteiger partial charge in [0.1, 0.15) is 5.58 Å². The van der Waals surface area contributed by atoms with Gasteiger partial charge in [0.2, 0.25) is 0 Å². The van der Waals surface area contributed by atoms with Gasteiger partial charge < -0.3 is 9.32 Å². The zero-order chi connectivity index (χ0) is 37.9. The molecule has 8 aromatic carbocycles. The normalized spacial score (nSPS) is 13.7. The molecule has 238 valence electrons. The maximum absolute atomic E-state index is 9.09. The molecule has 2 heteroatoms. The van der Waals surface area contributed by atoms with Crippen LogP contribution in [0.4, 0.5) is 17.1 Å². The van der Waals surface area contributed by atoms with Crippen molar-refractivity contribution in [3.63, 3.8) is 0 Å². The van der Waals surface area contributed by atoms with Gasteiger partial charge >= 0.3 is 0 Å². The number of rotatable bonds is 4. The van der Waals surface area contributed by atoms with Crippen molar-refractivity contribution >= 4 is 60.5 Å². The van der Waals surface area contributed by atoms with Crippen LogP contribution in [0.2, 0.25) is 0 Å². The first kappa shape index (κ1) is 24.1. The summed E-state index contributed by atoms with van der Waals surface area (Å²) in [7, 11) is 0. The van der Waals surface area contributed by atoms with Crippen LogP contribution < -0.4 is 4.90 Å². The van der Waals surface area contributed by atoms with E-state index in [0.29, 0.717) is 17.0 Å². The molecule has 1 aromatic heterocycles. The van der Waals surface area contributed by atoms with Crippen molar-refractivity contribution in [1.29, 1.82) is 0 Å². The lowest BCUT2D eigenvalue weighted by Crippen LogP contribution is -2.11. The Morgan fingerprint density at radius 2 is 1.12 bits per heavy atom. The van der Waals surface area contributed by atoms with Crippen molar-refractivity contribution in [3.8, 4) is 33.4 Å². The monoisotopic (exact) mass is 646 g/mol. The van der Waals surface area contributed by atoms with E-state index in [-0.39, 0.29) is 23.2 Å². The summed E-state index contributed by atoms with van der Waals surface area (Å²) in [5.41, 5.74) is 10.7. The van der Waals surface area contributed by atoms with Gasteiger partial charge in [0.05, 0.1) is 12.5 Å². The highest BCUT2D eigenvalue weighted by Crippen LogP contribution is 2.51. The van der Waals surface area contributed by atoms with Crippen LogP contribution in [0.1, 0.15) is 33.2 Å². The van der Waals surface area contributed by atoms with Crippen molar-refractivity contribution in [2.24, 2.45) is 0 Å². The van der Waals surface area contributed by atoms with Crippen molar-refractivity contribution < 1.29 is 11.3 Å². The van der Waals surface area contributed by atoms with Gasteiger partial charge in [-0.2, -0.15) is 0 Å². The van der Waals surface area contributed by atoms with Crippen LogP contribution in [-0.2, 0) is 5.41 Å². The first-order chi connectivity index (χ1) is 26.5. The van der Waals surface area contributed by atoms with E-state index < -0.39 is 18.1 Å². The summed E-state index contributed by atoms with van der Waals surface area (Å²) in [6.07, 6.45) is 0. The molecule has 0 saturated heterocycles. The van der Waals surface area contributed by atoms with Crippen LogP contribution in [-0.4, -0.2) is 0 Å². The number of fused-ring (bicyclic) bond motifs is 9. The van der Waals surface area contributed by atoms with Crippen LogP contribution in [0.15, 0.2) is 162 Å². The molecule has 0 atom stereocenters. The predicted molar refractivity (Wildman–Crippen MR) is 212 cm³/mol. The zero-order valence-electron chi connectivity index (χ0n) is 33.0. The maximum atomic E-state index is 9.09. The minimum Gasteiger partial charge on any atom is -0.454 e. The summed E-state index contributed by atoms with van der Waals surface area (Å²) in [5, 5.41) is 6.25. The smallest absolute Gasteiger partial charge is 0.159 e. The molecule has 0 fully saturated rings. The standard InChI is InChI=1S/C48H35NO/c1-48(2,3)44-18-10-16-38-39-17-11-19-45(47(39)50-46(38)44)49(36-14-8-5-9-15-36)37-23-22-33-27-41-42-28-34-24-31(30-12-6-4-7-13-30)20-21-32(34)26-40(42)43(41)29-35(33)25-37/h4-29H,1-3H3/i5D,8D,9D,14D,15D. The number of hydrogen-bond acceptors (Lipinski definition) is 2. The van der Waals surface area contributed by atoms with Crippen LogP contribution in [0.3, 0.4) is 0 Å². The molecule has 0 bridgehead atoms. The number of nitrogens with zero attached hydrogens (tertiary/aromatic N) is 1. The van der Waals surface area contributed by atoms with E-state index in [1.165, 1.54) is 38.6 Å². The molecule has 0 unspecified atom stereocenters. The molecule has 0 amide bonds. The SMILES string of the molecule is [2H]c1c([2H])c([2H])c(N(c2ccc3cc4c(cc3c2)-c2cc3ccc(-c5ccccc5)cc3cc2-4)c2cccc3c2oc2c(C(C)(C)C)cccc23)c([2H])c1[2H]. The van der Waals surface area contributed by atoms with E-state index in [4.69, 9.17) is 11.3 Å². The fourth-order valence-corrected chi connectivity index (χ4v) is 7.68. The Bertz CT molecular complexity index is 3060. The lowest BCUT2D eigenvalue weighted by Gasteiger charge is -2.28. The molecule has 1 aliphatic carbocycles. The molecule has 0 aliphatic heterocycles. The van der Waals surface area contributed by atoms with Crippen LogP contribution in [0.5, 0.6) is 0 Å². The van der Waals surface area contributed by atoms with Crippen molar-refractivity contribution in [1.82, 2.24) is 0 Å². The molecular weight excluding hydrogens is 607 g/mol. The lowest BCUT2D eigenvalue weighted by atomic mass is 9.77. The van der Waals surface area contributed by atoms with E-state index in [0.717, 1.165) is 38.3 Å². The minimum atomic E-state index is -0.434. The molecule has 0 saturated carbocycles. The van der Waals surface area contributed by atoms with E-state index in [1.54, 1.807) is 4.90 Å². The van der Waals surface area contributed by atoms with Gasteiger partial charge in [-0.3, -0.25) is 0 Å². The number of benzene rings is 8. The lowest BCUT2D eigenvalue weighted by molar-refractivity contribution is 0.573. The van der Waals surface area contributed by atoms with Crippen molar-refractivity contribution in [2.45, 2.75) is 26.2 Å². The molecule has 2 nitrogen and oxygen atoms in total. The number of furan rings is 1. The first-order valence-corrected chi connectivity index (χ1v) is 17.0. The summed E-state index contributed by atoms with van der Waals surface area (Å²) in [4.78, 5) is 1.77. The summed E-state index contributed by atoms with van der Waals surface area (Å²) in [5.74, 6) is 0. The summed E-state index contributed by atoms with van der Waals surface area (Å²) >= 11 is 0. The van der Waals surface area contributed by atoms with E-state index in [9.17, 15) is 0 Å². The second-order valence-electron chi connectivity index (χ2n) is 14.3. The van der Waals surface area contributed by atoms with Gasteiger partial charge in [-0.05, 0) is 121 Å². The number of anilines is 3. The molecule has 0 N–H and O–H groups in total. The largest absolute Gasteiger partial charge is 0.454 e. The second kappa shape index (κ2) is 10.7. The highest BCUT2D eigenvalue weighted by molar-refractivity contribution is 6.14. The Morgan fingerprint density at radius 3 is 1.82 bits per heavy atom. The fourth-order valence-electron chi connectivity index (χ4n) is 7.68. The van der Waals surface area contributed by atoms with Gasteiger partial charge in [-0.25, -0.2) is 0 Å². The third-order valence-electron chi connectivity index (χ3n) is 10.1. The molecule has 0 radical (unpaired) electrons. The molecule has 50 heavy (non-hydrogen) atoms. The van der Waals surface area contributed by atoms with Gasteiger partial charge in [0.25, 0.3) is 0 Å². The predicted octanol–water partition coefficient (Wildman–Crippen LogP) is 14.0. The molecule has 1 aliphatic rings. The molecule has 0 spiro atoms. The third-order valence-corrected chi connectivity index (χ3v) is 10.1. The Kier molecular flexibility index (Phi) is 5.15. The summed E-state index contributed by atoms with van der Waals surface area (Å²) in [6, 6.07) is 42.3. The van der Waals surface area contributed by atoms with Crippen LogP contribution >= 0.6 is 0 Å². The van der Waals surface area contributed by atoms with Gasteiger partial charge in [-0.15, -0.1) is 0 Å². The molecular formula is C48H35NO. The van der Waals surface area contributed by atoms with Crippen molar-refractivity contribution in [2.75, 3.05) is 4.90 Å². The minimum absolute atomic E-state index is 0.0602. The zero-order valence-corrected chi connectivity index (χ0v) is 28.0. The van der Waals surface area contributed by atoms with Gasteiger partial charge in [0.15, 0.2) is 5.58 Å². The van der Waals surface area contributed by atoms with Crippen LogP contribution in [0, 0.1) is 0 Å². The third kappa shape index (κ3) is 4.42. The van der Waals surface area contributed by atoms with E-state index >= 15 is 0 Å². The van der Waals surface area contributed by atoms with E-state index in [1.807, 2.05) is 48.5 Å². The Labute approximate surface area is 298 Å². The average molecular weight is 647 g/mol. The highest BCUT2D eigenvalue weighted by atomic mass is 16.3. The van der Waals surface area contributed by atoms with Gasteiger partial charge in [0, 0.05) is 27.7 Å². The molecule has 1 heterocycles. The maximum Gasteiger partial charge on any atom is 0.159 e. The summed E-state index contributed by atoms with van der Waals surface area (Å²) < 4.78 is 50.6. The highest BCUT2D eigenvalue weighted by Gasteiger charge is 2.26. The molecule has 10 rings (SSSR count). The Hall–Kier alpha value is -6.12. The van der Waals surface area contributed by atoms with Crippen molar-refractivity contribution in [3.05, 3.63) is 163 Å². The fraction of sp³-hybridized carbons (Fsp3) is 0.0833. The van der Waals surface area contributed by atoms with E-state index in [2.05, 4.69) is 99.6 Å². The Balaban J connectivity index is 1.16. The Morgan fingerprint density at radius 1 is 0.500 bits per heavy atom. The summed E-state index contributed by atoms with van der Waals surface area (Å²) in [6.45, 7) is 6.46. The van der Waals surface area contributed by atoms with Crippen LogP contribution in [0.25, 0.3) is 76.9 Å². The number of hydrogen-bond donors (Lipinski definition) is 0. The molecule has 9 aromatic rings. The van der Waals surface area contributed by atoms with Gasteiger partial charge in [-0.1, -0.05) is 118 Å². The number of para-hydroxylation sites is 3. The second-order valence-corrected chi connectivity index (χ2v) is 14.3. The quantitative estimate of drug-likeness (QED) is 0.189.